The minimum absolute atomic E-state index is 0.0549. The van der Waals surface area contributed by atoms with E-state index in [9.17, 15) is 13.2 Å². The molecule has 1 atom stereocenters. The van der Waals surface area contributed by atoms with Gasteiger partial charge in [-0.1, -0.05) is 6.08 Å². The minimum atomic E-state index is -4.54. The molecule has 4 heterocycles. The van der Waals surface area contributed by atoms with Crippen LogP contribution in [0.2, 0.25) is 0 Å². The molecule has 0 amide bonds. The first-order valence-corrected chi connectivity index (χ1v) is 10.7. The van der Waals surface area contributed by atoms with Crippen molar-refractivity contribution < 1.29 is 13.2 Å². The fraction of sp³-hybridized carbons (Fsp3) is 0.292. The zero-order chi connectivity index (χ0) is 21.9. The van der Waals surface area contributed by atoms with Gasteiger partial charge in [-0.2, -0.15) is 13.2 Å². The lowest BCUT2D eigenvalue weighted by Crippen LogP contribution is -2.28. The van der Waals surface area contributed by atoms with Crippen LogP contribution in [0.3, 0.4) is 0 Å². The van der Waals surface area contributed by atoms with Crippen molar-refractivity contribution in [3.05, 3.63) is 83.7 Å². The standard InChI is InChI=1S/C24H20F3N5/c25-24(26,27)22-19(8-11-32-21(12-15-3-4-15)29-30-23(22)32)16-5-6-20-17(13-16)7-10-31(20)18-2-1-9-28-14-18/h1-2,5,7-11,13-15,20H,3-4,6,12H2. The maximum atomic E-state index is 14.2. The number of halogens is 3. The quantitative estimate of drug-likeness (QED) is 0.564. The lowest BCUT2D eigenvalue weighted by atomic mass is 9.90. The van der Waals surface area contributed by atoms with E-state index in [0.29, 0.717) is 30.2 Å². The van der Waals surface area contributed by atoms with Crippen LogP contribution >= 0.6 is 0 Å². The molecule has 162 valence electrons. The third kappa shape index (κ3) is 3.21. The summed E-state index contributed by atoms with van der Waals surface area (Å²) in [5, 5.41) is 8.04. The van der Waals surface area contributed by atoms with E-state index in [4.69, 9.17) is 0 Å². The van der Waals surface area contributed by atoms with Gasteiger partial charge in [0.25, 0.3) is 0 Å². The van der Waals surface area contributed by atoms with E-state index in [2.05, 4.69) is 20.1 Å². The smallest absolute Gasteiger partial charge is 0.339 e. The first kappa shape index (κ1) is 19.3. The fourth-order valence-corrected chi connectivity index (χ4v) is 4.62. The molecule has 0 saturated heterocycles. The predicted octanol–water partition coefficient (Wildman–Crippen LogP) is 5.21. The number of pyridine rings is 2. The number of hydrogen-bond donors (Lipinski definition) is 0. The average molecular weight is 435 g/mol. The molecule has 0 N–H and O–H groups in total. The van der Waals surface area contributed by atoms with E-state index in [0.717, 1.165) is 24.1 Å². The van der Waals surface area contributed by atoms with E-state index >= 15 is 0 Å². The molecule has 3 aliphatic rings. The Bertz CT molecular complexity index is 1280. The Kier molecular flexibility index (Phi) is 4.25. The summed E-state index contributed by atoms with van der Waals surface area (Å²) in [6.07, 6.45) is 11.8. The zero-order valence-electron chi connectivity index (χ0n) is 17.1. The summed E-state index contributed by atoms with van der Waals surface area (Å²) in [6, 6.07) is 5.45. The van der Waals surface area contributed by atoms with Crippen LogP contribution in [0.4, 0.5) is 18.9 Å². The number of anilines is 1. The Labute approximate surface area is 182 Å². The zero-order valence-corrected chi connectivity index (χ0v) is 17.1. The minimum Gasteiger partial charge on any atom is -0.339 e. The van der Waals surface area contributed by atoms with Gasteiger partial charge in [-0.05, 0) is 72.2 Å². The van der Waals surface area contributed by atoms with Gasteiger partial charge < -0.3 is 4.90 Å². The summed E-state index contributed by atoms with van der Waals surface area (Å²) in [7, 11) is 0. The van der Waals surface area contributed by atoms with Gasteiger partial charge in [-0.3, -0.25) is 9.38 Å². The lowest BCUT2D eigenvalue weighted by molar-refractivity contribution is -0.136. The van der Waals surface area contributed by atoms with Gasteiger partial charge in [0.1, 0.15) is 11.4 Å². The maximum absolute atomic E-state index is 14.2. The summed E-state index contributed by atoms with van der Waals surface area (Å²) in [6.45, 7) is 0. The van der Waals surface area contributed by atoms with Crippen molar-refractivity contribution in [1.82, 2.24) is 19.6 Å². The number of rotatable bonds is 4. The largest absolute Gasteiger partial charge is 0.420 e. The first-order chi connectivity index (χ1) is 15.5. The molecule has 8 heteroatoms. The van der Waals surface area contributed by atoms with Crippen molar-refractivity contribution in [3.63, 3.8) is 0 Å². The highest BCUT2D eigenvalue weighted by molar-refractivity contribution is 5.82. The van der Waals surface area contributed by atoms with Gasteiger partial charge >= 0.3 is 6.18 Å². The third-order valence-electron chi connectivity index (χ3n) is 6.39. The van der Waals surface area contributed by atoms with Gasteiger partial charge in [0.15, 0.2) is 5.65 Å². The number of alkyl halides is 3. The fourth-order valence-electron chi connectivity index (χ4n) is 4.62. The van der Waals surface area contributed by atoms with E-state index < -0.39 is 11.7 Å². The summed E-state index contributed by atoms with van der Waals surface area (Å²) in [4.78, 5) is 6.27. The maximum Gasteiger partial charge on any atom is 0.420 e. The van der Waals surface area contributed by atoms with Crippen LogP contribution in [-0.4, -0.2) is 25.6 Å². The van der Waals surface area contributed by atoms with Gasteiger partial charge in [0.05, 0.1) is 17.9 Å². The predicted molar refractivity (Wildman–Crippen MR) is 115 cm³/mol. The average Bonchev–Trinajstić information content (AvgIpc) is 3.36. The molecule has 3 aromatic heterocycles. The van der Waals surface area contributed by atoms with E-state index in [1.54, 1.807) is 24.7 Å². The Morgan fingerprint density at radius 1 is 1.12 bits per heavy atom. The van der Waals surface area contributed by atoms with Crippen molar-refractivity contribution in [2.24, 2.45) is 5.92 Å². The monoisotopic (exact) mass is 435 g/mol. The molecule has 32 heavy (non-hydrogen) atoms. The molecule has 0 radical (unpaired) electrons. The van der Waals surface area contributed by atoms with Crippen LogP contribution in [0.5, 0.6) is 0 Å². The Morgan fingerprint density at radius 3 is 2.75 bits per heavy atom. The first-order valence-electron chi connectivity index (χ1n) is 10.7. The number of hydrogen-bond acceptors (Lipinski definition) is 4. The van der Waals surface area contributed by atoms with Gasteiger partial charge in [-0.25, -0.2) is 0 Å². The highest BCUT2D eigenvalue weighted by Crippen LogP contribution is 2.42. The second-order valence-electron chi connectivity index (χ2n) is 8.55. The Balaban J connectivity index is 1.39. The van der Waals surface area contributed by atoms with Crippen LogP contribution in [0.1, 0.15) is 36.2 Å². The molecule has 1 unspecified atom stereocenters. The third-order valence-corrected chi connectivity index (χ3v) is 6.39. The molecule has 1 aliphatic heterocycles. The van der Waals surface area contributed by atoms with E-state index in [-0.39, 0.29) is 17.3 Å². The van der Waals surface area contributed by atoms with Crippen molar-refractivity contribution in [3.8, 4) is 0 Å². The molecule has 1 fully saturated rings. The second-order valence-corrected chi connectivity index (χ2v) is 8.55. The van der Waals surface area contributed by atoms with E-state index in [1.165, 1.54) is 4.40 Å². The normalized spacial score (nSPS) is 20.5. The van der Waals surface area contributed by atoms with Crippen molar-refractivity contribution in [1.29, 1.82) is 0 Å². The van der Waals surface area contributed by atoms with Gasteiger partial charge in [-0.15, -0.1) is 10.2 Å². The number of nitrogens with zero attached hydrogens (tertiary/aromatic N) is 5. The molecule has 1 saturated carbocycles. The Morgan fingerprint density at radius 2 is 2.00 bits per heavy atom. The SMILES string of the molecule is FC(F)(F)c1c(C2=CCC3C(=C2)C=CN3c2cccnc2)ccn2c(CC3CC3)nnc12. The van der Waals surface area contributed by atoms with E-state index in [1.807, 2.05) is 36.6 Å². The summed E-state index contributed by atoms with van der Waals surface area (Å²) < 4.78 is 44.1. The summed E-state index contributed by atoms with van der Waals surface area (Å²) in [5.74, 6) is 1.11. The molecule has 0 bridgehead atoms. The van der Waals surface area contributed by atoms with Crippen LogP contribution in [0.15, 0.2) is 66.8 Å². The second kappa shape index (κ2) is 7.05. The molecule has 5 nitrogen and oxygen atoms in total. The van der Waals surface area contributed by atoms with Gasteiger partial charge in [0.2, 0.25) is 0 Å². The molecule has 2 aliphatic carbocycles. The molecular weight excluding hydrogens is 415 g/mol. The lowest BCUT2D eigenvalue weighted by Gasteiger charge is -2.28. The molecule has 3 aromatic rings. The molecule has 0 spiro atoms. The number of allylic oxidation sites excluding steroid dienone is 2. The van der Waals surface area contributed by atoms with Crippen molar-refractivity contribution >= 4 is 16.9 Å². The van der Waals surface area contributed by atoms with Crippen LogP contribution < -0.4 is 4.90 Å². The van der Waals surface area contributed by atoms with Gasteiger partial charge in [0, 0.05) is 25.0 Å². The summed E-state index contributed by atoms with van der Waals surface area (Å²) >= 11 is 0. The number of fused-ring (bicyclic) bond motifs is 2. The highest BCUT2D eigenvalue weighted by atomic mass is 19.4. The van der Waals surface area contributed by atoms with Crippen molar-refractivity contribution in [2.45, 2.75) is 37.9 Å². The molecule has 6 rings (SSSR count). The van der Waals surface area contributed by atoms with Crippen LogP contribution in [0.25, 0.3) is 11.2 Å². The molecule has 0 aromatic carbocycles. The van der Waals surface area contributed by atoms with Crippen LogP contribution in [0, 0.1) is 5.92 Å². The van der Waals surface area contributed by atoms with Crippen molar-refractivity contribution in [2.75, 3.05) is 4.90 Å². The number of aromatic nitrogens is 4. The summed E-state index contributed by atoms with van der Waals surface area (Å²) in [5.41, 5.74) is 1.81. The Hall–Kier alpha value is -3.42. The topological polar surface area (TPSA) is 46.3 Å². The molecular formula is C24H20F3N5. The highest BCUT2D eigenvalue weighted by Gasteiger charge is 2.39. The van der Waals surface area contributed by atoms with Crippen LogP contribution in [-0.2, 0) is 12.6 Å².